The molecule has 0 atom stereocenters. The molecule has 0 saturated carbocycles. The van der Waals surface area contributed by atoms with Gasteiger partial charge in [-0.1, -0.05) is 62.4 Å². The van der Waals surface area contributed by atoms with Gasteiger partial charge in [0.15, 0.2) is 6.61 Å². The molecular formula is C29H30N2O4. The second-order valence-electron chi connectivity index (χ2n) is 8.67. The number of hydrogen-bond donors (Lipinski definition) is 1. The van der Waals surface area contributed by atoms with E-state index in [4.69, 9.17) is 19.7 Å². The van der Waals surface area contributed by atoms with Crippen LogP contribution >= 0.6 is 0 Å². The molecule has 0 spiro atoms. The summed E-state index contributed by atoms with van der Waals surface area (Å²) < 4.78 is 13.3. The first-order chi connectivity index (χ1) is 17.0. The van der Waals surface area contributed by atoms with E-state index in [1.54, 1.807) is 7.11 Å². The average Bonchev–Trinajstić information content (AvgIpc) is 3.30. The first-order valence-electron chi connectivity index (χ1n) is 11.7. The molecule has 1 N–H and O–H groups in total. The standard InChI is InChI=1S/C29H30N2O4/c1-20(2)22-13-14-28(35-19-29(32)33)24(17-22)25-18-26(23-11-7-8-12-27(23)34-3)31(30-25)16-15-21-9-5-4-6-10-21/h4-14,17-18,20H,15-16,19H2,1-3H3,(H,32,33). The number of carbonyl (C=O) groups is 1. The number of aliphatic carboxylic acids is 1. The molecule has 35 heavy (non-hydrogen) atoms. The van der Waals surface area contributed by atoms with Crippen LogP contribution in [0.2, 0.25) is 0 Å². The highest BCUT2D eigenvalue weighted by Gasteiger charge is 2.19. The molecule has 0 saturated heterocycles. The molecule has 180 valence electrons. The zero-order chi connectivity index (χ0) is 24.8. The van der Waals surface area contributed by atoms with Crippen molar-refractivity contribution in [3.05, 3.63) is 90.0 Å². The van der Waals surface area contributed by atoms with Gasteiger partial charge in [-0.25, -0.2) is 4.79 Å². The molecule has 1 heterocycles. The van der Waals surface area contributed by atoms with Gasteiger partial charge in [-0.15, -0.1) is 0 Å². The number of nitrogens with zero attached hydrogens (tertiary/aromatic N) is 2. The van der Waals surface area contributed by atoms with Crippen LogP contribution in [0, 0.1) is 0 Å². The minimum atomic E-state index is -1.02. The van der Waals surface area contributed by atoms with Gasteiger partial charge >= 0.3 is 5.97 Å². The van der Waals surface area contributed by atoms with Gasteiger partial charge in [-0.3, -0.25) is 4.68 Å². The molecule has 0 aliphatic heterocycles. The van der Waals surface area contributed by atoms with Crippen molar-refractivity contribution in [2.75, 3.05) is 13.7 Å². The summed E-state index contributed by atoms with van der Waals surface area (Å²) in [6, 6.07) is 26.0. The maximum Gasteiger partial charge on any atom is 0.341 e. The largest absolute Gasteiger partial charge is 0.496 e. The van der Waals surface area contributed by atoms with Crippen LogP contribution in [0.15, 0.2) is 78.9 Å². The smallest absolute Gasteiger partial charge is 0.341 e. The zero-order valence-electron chi connectivity index (χ0n) is 20.3. The van der Waals surface area contributed by atoms with Gasteiger partial charge < -0.3 is 14.6 Å². The molecule has 0 amide bonds. The monoisotopic (exact) mass is 470 g/mol. The number of methoxy groups -OCH3 is 1. The Bertz CT molecular complexity index is 1300. The Hall–Kier alpha value is -4.06. The van der Waals surface area contributed by atoms with Gasteiger partial charge in [0.05, 0.1) is 18.5 Å². The van der Waals surface area contributed by atoms with Crippen molar-refractivity contribution in [2.45, 2.75) is 32.7 Å². The minimum Gasteiger partial charge on any atom is -0.496 e. The minimum absolute atomic E-state index is 0.302. The Labute approximate surface area is 205 Å². The molecule has 0 bridgehead atoms. The van der Waals surface area contributed by atoms with Gasteiger partial charge in [-0.05, 0) is 53.8 Å². The van der Waals surface area contributed by atoms with Gasteiger partial charge in [0.25, 0.3) is 0 Å². The van der Waals surface area contributed by atoms with Crippen molar-refractivity contribution >= 4 is 5.97 Å². The summed E-state index contributed by atoms with van der Waals surface area (Å²) in [6.45, 7) is 4.50. The van der Waals surface area contributed by atoms with E-state index in [2.05, 4.69) is 26.0 Å². The lowest BCUT2D eigenvalue weighted by molar-refractivity contribution is -0.139. The summed E-state index contributed by atoms with van der Waals surface area (Å²) >= 11 is 0. The van der Waals surface area contributed by atoms with E-state index in [-0.39, 0.29) is 0 Å². The molecule has 0 aliphatic carbocycles. The molecule has 0 aliphatic rings. The number of carboxylic acid groups (broad SMARTS) is 1. The fourth-order valence-corrected chi connectivity index (χ4v) is 4.04. The molecule has 0 fully saturated rings. The number of aromatic nitrogens is 2. The van der Waals surface area contributed by atoms with Crippen LogP contribution < -0.4 is 9.47 Å². The van der Waals surface area contributed by atoms with Crippen molar-refractivity contribution in [3.63, 3.8) is 0 Å². The fraction of sp³-hybridized carbons (Fsp3) is 0.241. The molecule has 3 aromatic carbocycles. The van der Waals surface area contributed by atoms with Crippen LogP contribution in [0.4, 0.5) is 0 Å². The lowest BCUT2D eigenvalue weighted by Crippen LogP contribution is -2.10. The Kier molecular flexibility index (Phi) is 7.51. The molecule has 4 rings (SSSR count). The summed E-state index contributed by atoms with van der Waals surface area (Å²) in [5, 5.41) is 14.1. The maximum atomic E-state index is 11.2. The Morgan fingerprint density at radius 1 is 0.943 bits per heavy atom. The molecule has 1 aromatic heterocycles. The number of aryl methyl sites for hydroxylation is 2. The highest BCUT2D eigenvalue weighted by Crippen LogP contribution is 2.37. The van der Waals surface area contributed by atoms with Crippen molar-refractivity contribution in [1.29, 1.82) is 0 Å². The summed E-state index contributed by atoms with van der Waals surface area (Å²) in [7, 11) is 1.66. The van der Waals surface area contributed by atoms with Crippen LogP contribution in [0.5, 0.6) is 11.5 Å². The molecule has 6 nitrogen and oxygen atoms in total. The average molecular weight is 471 g/mol. The molecule has 4 aromatic rings. The summed E-state index contributed by atoms with van der Waals surface area (Å²) in [5.74, 6) is 0.539. The van der Waals surface area contributed by atoms with Crippen LogP contribution in [0.25, 0.3) is 22.5 Å². The number of rotatable bonds is 10. The van der Waals surface area contributed by atoms with E-state index in [0.29, 0.717) is 18.2 Å². The molecule has 0 radical (unpaired) electrons. The van der Waals surface area contributed by atoms with Crippen molar-refractivity contribution < 1.29 is 19.4 Å². The van der Waals surface area contributed by atoms with E-state index in [1.807, 2.05) is 71.4 Å². The predicted molar refractivity (Wildman–Crippen MR) is 137 cm³/mol. The van der Waals surface area contributed by atoms with Crippen LogP contribution in [-0.2, 0) is 17.8 Å². The topological polar surface area (TPSA) is 73.6 Å². The van der Waals surface area contributed by atoms with Crippen LogP contribution in [0.1, 0.15) is 30.9 Å². The normalized spacial score (nSPS) is 11.0. The number of hydrogen-bond acceptors (Lipinski definition) is 4. The second-order valence-corrected chi connectivity index (χ2v) is 8.67. The van der Waals surface area contributed by atoms with Crippen molar-refractivity contribution in [2.24, 2.45) is 0 Å². The highest BCUT2D eigenvalue weighted by molar-refractivity contribution is 5.76. The first kappa shape index (κ1) is 24.1. The third kappa shape index (κ3) is 5.72. The van der Waals surface area contributed by atoms with E-state index >= 15 is 0 Å². The molecular weight excluding hydrogens is 440 g/mol. The summed E-state index contributed by atoms with van der Waals surface area (Å²) in [5.41, 5.74) is 5.71. The zero-order valence-corrected chi connectivity index (χ0v) is 20.3. The maximum absolute atomic E-state index is 11.2. The van der Waals surface area contributed by atoms with Gasteiger partial charge in [0, 0.05) is 17.7 Å². The number of benzene rings is 3. The summed E-state index contributed by atoms with van der Waals surface area (Å²) in [6.07, 6.45) is 0.818. The Balaban J connectivity index is 1.81. The van der Waals surface area contributed by atoms with E-state index in [1.165, 1.54) is 5.56 Å². The van der Waals surface area contributed by atoms with Crippen LogP contribution in [0.3, 0.4) is 0 Å². The predicted octanol–water partition coefficient (Wildman–Crippen LogP) is 6.06. The van der Waals surface area contributed by atoms with Gasteiger partial charge in [-0.2, -0.15) is 5.10 Å². The van der Waals surface area contributed by atoms with E-state index in [9.17, 15) is 4.79 Å². The first-order valence-corrected chi connectivity index (χ1v) is 11.7. The fourth-order valence-electron chi connectivity index (χ4n) is 4.04. The molecule has 6 heteroatoms. The number of ether oxygens (including phenoxy) is 2. The van der Waals surface area contributed by atoms with E-state index in [0.717, 1.165) is 40.2 Å². The van der Waals surface area contributed by atoms with Gasteiger partial charge in [0.1, 0.15) is 11.5 Å². The lowest BCUT2D eigenvalue weighted by Gasteiger charge is -2.12. The SMILES string of the molecule is COc1ccccc1-c1cc(-c2cc(C(C)C)ccc2OCC(=O)O)nn1CCc1ccccc1. The third-order valence-electron chi connectivity index (χ3n) is 5.92. The molecule has 0 unspecified atom stereocenters. The third-order valence-corrected chi connectivity index (χ3v) is 5.92. The highest BCUT2D eigenvalue weighted by atomic mass is 16.5. The van der Waals surface area contributed by atoms with Crippen molar-refractivity contribution in [3.8, 4) is 34.0 Å². The number of para-hydroxylation sites is 1. The van der Waals surface area contributed by atoms with Crippen LogP contribution in [-0.4, -0.2) is 34.6 Å². The number of carboxylic acids is 1. The lowest BCUT2D eigenvalue weighted by atomic mass is 9.98. The second kappa shape index (κ2) is 10.9. The summed E-state index contributed by atoms with van der Waals surface area (Å²) in [4.78, 5) is 11.2. The van der Waals surface area contributed by atoms with E-state index < -0.39 is 12.6 Å². The van der Waals surface area contributed by atoms with Crippen molar-refractivity contribution in [1.82, 2.24) is 9.78 Å². The van der Waals surface area contributed by atoms with Gasteiger partial charge in [0.2, 0.25) is 0 Å². The Morgan fingerprint density at radius 3 is 2.40 bits per heavy atom. The Morgan fingerprint density at radius 2 is 1.69 bits per heavy atom. The quantitative estimate of drug-likeness (QED) is 0.305.